The maximum Gasteiger partial charge on any atom is 0.126 e. The number of aliphatic imine (C=N–C) groups is 1. The van der Waals surface area contributed by atoms with E-state index in [4.69, 9.17) is 5.21 Å². The topological polar surface area (TPSA) is 44.6 Å². The molecule has 0 radical (unpaired) electrons. The van der Waals surface area contributed by atoms with E-state index in [9.17, 15) is 0 Å². The minimum atomic E-state index is 0.582. The summed E-state index contributed by atoms with van der Waals surface area (Å²) in [6, 6.07) is 0. The number of hydrogen-bond donors (Lipinski definition) is 2. The third kappa shape index (κ3) is 1.16. The second-order valence-electron chi connectivity index (χ2n) is 3.13. The molecule has 3 nitrogen and oxygen atoms in total. The highest BCUT2D eigenvalue weighted by atomic mass is 16.5. The normalized spacial score (nSPS) is 29.0. The smallest absolute Gasteiger partial charge is 0.126 e. The first-order chi connectivity index (χ1) is 5.40. The molecule has 0 aromatic carbocycles. The molecule has 0 aromatic rings. The first-order valence-corrected chi connectivity index (χ1v) is 4.08. The average Bonchev–Trinajstić information content (AvgIpc) is 2.46. The van der Waals surface area contributed by atoms with Gasteiger partial charge in [-0.25, -0.2) is 4.99 Å². The van der Waals surface area contributed by atoms with Crippen molar-refractivity contribution in [3.8, 4) is 0 Å². The predicted octanol–water partition coefficient (Wildman–Crippen LogP) is 1.45. The van der Waals surface area contributed by atoms with Crippen molar-refractivity contribution in [1.29, 1.82) is 0 Å². The van der Waals surface area contributed by atoms with E-state index in [-0.39, 0.29) is 0 Å². The summed E-state index contributed by atoms with van der Waals surface area (Å²) in [5.41, 5.74) is 3.30. The Hall–Kier alpha value is -0.830. The molecule has 0 fully saturated rings. The zero-order valence-electron chi connectivity index (χ0n) is 6.38. The highest BCUT2D eigenvalue weighted by Crippen LogP contribution is 2.32. The molecule has 60 valence electrons. The highest BCUT2D eigenvalue weighted by molar-refractivity contribution is 5.85. The SMILES string of the molecule is ONC1=NC2=CCCCC2C1. The van der Waals surface area contributed by atoms with Crippen LogP contribution in [0.15, 0.2) is 16.8 Å². The minimum Gasteiger partial charge on any atom is -0.290 e. The minimum absolute atomic E-state index is 0.582. The van der Waals surface area contributed by atoms with E-state index >= 15 is 0 Å². The number of hydrogen-bond acceptors (Lipinski definition) is 3. The number of allylic oxidation sites excluding steroid dienone is 2. The van der Waals surface area contributed by atoms with Gasteiger partial charge in [-0.2, -0.15) is 0 Å². The van der Waals surface area contributed by atoms with Crippen LogP contribution in [0.3, 0.4) is 0 Å². The molecular weight excluding hydrogens is 140 g/mol. The van der Waals surface area contributed by atoms with E-state index < -0.39 is 0 Å². The van der Waals surface area contributed by atoms with Crippen LogP contribution in [0, 0.1) is 5.92 Å². The molecule has 0 spiro atoms. The summed E-state index contributed by atoms with van der Waals surface area (Å²) in [4.78, 5) is 4.25. The molecule has 0 saturated carbocycles. The summed E-state index contributed by atoms with van der Waals surface area (Å²) in [6.45, 7) is 0. The molecule has 2 rings (SSSR count). The molecule has 2 aliphatic rings. The molecule has 3 heteroatoms. The second kappa shape index (κ2) is 2.66. The van der Waals surface area contributed by atoms with Gasteiger partial charge in [-0.15, -0.1) is 0 Å². The van der Waals surface area contributed by atoms with Gasteiger partial charge in [0.15, 0.2) is 0 Å². The van der Waals surface area contributed by atoms with Crippen molar-refractivity contribution in [2.75, 3.05) is 0 Å². The van der Waals surface area contributed by atoms with Gasteiger partial charge in [-0.05, 0) is 19.3 Å². The van der Waals surface area contributed by atoms with Crippen LogP contribution in [0.25, 0.3) is 0 Å². The predicted molar refractivity (Wildman–Crippen MR) is 42.4 cm³/mol. The molecule has 1 aliphatic heterocycles. The molecule has 0 aromatic heterocycles. The maximum atomic E-state index is 8.61. The van der Waals surface area contributed by atoms with Gasteiger partial charge in [0.05, 0.1) is 0 Å². The number of amidine groups is 1. The third-order valence-electron chi connectivity index (χ3n) is 2.36. The molecule has 0 bridgehead atoms. The Balaban J connectivity index is 2.16. The molecule has 1 aliphatic carbocycles. The average molecular weight is 152 g/mol. The van der Waals surface area contributed by atoms with Gasteiger partial charge >= 0.3 is 0 Å². The molecule has 11 heavy (non-hydrogen) atoms. The van der Waals surface area contributed by atoms with Crippen molar-refractivity contribution in [3.05, 3.63) is 11.8 Å². The maximum absolute atomic E-state index is 8.61. The van der Waals surface area contributed by atoms with E-state index in [1.165, 1.54) is 18.5 Å². The van der Waals surface area contributed by atoms with Crippen LogP contribution in [0.2, 0.25) is 0 Å². The van der Waals surface area contributed by atoms with Gasteiger partial charge in [0.2, 0.25) is 0 Å². The van der Waals surface area contributed by atoms with Gasteiger partial charge in [-0.3, -0.25) is 10.7 Å². The van der Waals surface area contributed by atoms with Gasteiger partial charge in [0.25, 0.3) is 0 Å². The monoisotopic (exact) mass is 152 g/mol. The third-order valence-corrected chi connectivity index (χ3v) is 2.36. The summed E-state index contributed by atoms with van der Waals surface area (Å²) < 4.78 is 0. The van der Waals surface area contributed by atoms with Crippen molar-refractivity contribution < 1.29 is 5.21 Å². The van der Waals surface area contributed by atoms with E-state index in [0.717, 1.165) is 18.7 Å². The number of rotatable bonds is 0. The Morgan fingerprint density at radius 2 is 2.55 bits per heavy atom. The van der Waals surface area contributed by atoms with Crippen LogP contribution >= 0.6 is 0 Å². The van der Waals surface area contributed by atoms with Gasteiger partial charge < -0.3 is 0 Å². The van der Waals surface area contributed by atoms with Crippen LogP contribution in [0.1, 0.15) is 25.7 Å². The van der Waals surface area contributed by atoms with Crippen LogP contribution in [0.5, 0.6) is 0 Å². The molecule has 1 unspecified atom stereocenters. The van der Waals surface area contributed by atoms with E-state index in [1.54, 1.807) is 0 Å². The molecule has 0 saturated heterocycles. The van der Waals surface area contributed by atoms with E-state index in [2.05, 4.69) is 16.5 Å². The largest absolute Gasteiger partial charge is 0.290 e. The lowest BCUT2D eigenvalue weighted by atomic mass is 9.92. The molecule has 1 heterocycles. The Morgan fingerprint density at radius 3 is 3.27 bits per heavy atom. The van der Waals surface area contributed by atoms with Crippen LogP contribution in [0.4, 0.5) is 0 Å². The second-order valence-corrected chi connectivity index (χ2v) is 3.13. The molecule has 2 N–H and O–H groups in total. The summed E-state index contributed by atoms with van der Waals surface area (Å²) in [6.07, 6.45) is 6.71. The zero-order chi connectivity index (χ0) is 7.68. The van der Waals surface area contributed by atoms with Crippen molar-refractivity contribution in [2.24, 2.45) is 10.9 Å². The Kier molecular flexibility index (Phi) is 1.66. The summed E-state index contributed by atoms with van der Waals surface area (Å²) in [7, 11) is 0. The van der Waals surface area contributed by atoms with E-state index in [0.29, 0.717) is 5.92 Å². The van der Waals surface area contributed by atoms with Gasteiger partial charge in [-0.1, -0.05) is 6.08 Å². The summed E-state index contributed by atoms with van der Waals surface area (Å²) >= 11 is 0. The van der Waals surface area contributed by atoms with Crippen LogP contribution < -0.4 is 5.48 Å². The summed E-state index contributed by atoms with van der Waals surface area (Å²) in [5, 5.41) is 8.61. The first kappa shape index (κ1) is 6.85. The number of hydroxylamine groups is 1. The van der Waals surface area contributed by atoms with Crippen molar-refractivity contribution in [3.63, 3.8) is 0 Å². The lowest BCUT2D eigenvalue weighted by Crippen LogP contribution is -2.17. The first-order valence-electron chi connectivity index (χ1n) is 4.08. The highest BCUT2D eigenvalue weighted by Gasteiger charge is 2.24. The Bertz CT molecular complexity index is 220. The van der Waals surface area contributed by atoms with Crippen LogP contribution in [-0.4, -0.2) is 11.0 Å². The molecule has 0 amide bonds. The number of nitrogens with zero attached hydrogens (tertiary/aromatic N) is 1. The Morgan fingerprint density at radius 1 is 1.64 bits per heavy atom. The van der Waals surface area contributed by atoms with Crippen molar-refractivity contribution >= 4 is 5.84 Å². The van der Waals surface area contributed by atoms with Crippen molar-refractivity contribution in [1.82, 2.24) is 5.48 Å². The fourth-order valence-electron chi connectivity index (χ4n) is 1.78. The summed E-state index contributed by atoms with van der Waals surface area (Å²) in [5.74, 6) is 1.31. The number of fused-ring (bicyclic) bond motifs is 1. The lowest BCUT2D eigenvalue weighted by molar-refractivity contribution is 0.232. The molecular formula is C8H12N2O. The van der Waals surface area contributed by atoms with Gasteiger partial charge in [0, 0.05) is 18.0 Å². The Labute approximate surface area is 65.8 Å². The van der Waals surface area contributed by atoms with Gasteiger partial charge in [0.1, 0.15) is 5.84 Å². The lowest BCUT2D eigenvalue weighted by Gasteiger charge is -2.13. The standard InChI is InChI=1S/C8H12N2O/c11-10-8-5-6-3-1-2-4-7(6)9-8/h4,6,11H,1-3,5H2,(H,9,10). The zero-order valence-corrected chi connectivity index (χ0v) is 6.38. The molecule has 1 atom stereocenters. The quantitative estimate of drug-likeness (QED) is 0.516. The number of nitrogens with one attached hydrogen (secondary N) is 1. The fourth-order valence-corrected chi connectivity index (χ4v) is 1.78. The van der Waals surface area contributed by atoms with E-state index in [1.807, 2.05) is 0 Å². The fraction of sp³-hybridized carbons (Fsp3) is 0.625. The van der Waals surface area contributed by atoms with Crippen molar-refractivity contribution in [2.45, 2.75) is 25.7 Å². The van der Waals surface area contributed by atoms with Crippen LogP contribution in [-0.2, 0) is 0 Å².